The van der Waals surface area contributed by atoms with Gasteiger partial charge in [0.1, 0.15) is 6.10 Å². The maximum absolute atomic E-state index is 6.13. The van der Waals surface area contributed by atoms with E-state index in [1.807, 2.05) is 6.92 Å². The molecule has 0 amide bonds. The number of nitrogens with zero attached hydrogens (tertiary/aromatic N) is 1. The van der Waals surface area contributed by atoms with Crippen LogP contribution in [-0.2, 0) is 9.47 Å². The predicted octanol–water partition coefficient (Wildman–Crippen LogP) is 1.93. The third kappa shape index (κ3) is 4.49. The van der Waals surface area contributed by atoms with Crippen LogP contribution >= 0.6 is 0 Å². The predicted molar refractivity (Wildman–Crippen MR) is 80.6 cm³/mol. The zero-order chi connectivity index (χ0) is 14.4. The fraction of sp³-hybridized carbons (Fsp3) is 0.800. The number of guanidine groups is 1. The van der Waals surface area contributed by atoms with E-state index in [-0.39, 0.29) is 11.9 Å². The Kier molecular flexibility index (Phi) is 5.43. The highest BCUT2D eigenvalue weighted by atomic mass is 16.7. The summed E-state index contributed by atoms with van der Waals surface area (Å²) in [5.41, 5.74) is 6.79. The summed E-state index contributed by atoms with van der Waals surface area (Å²) in [6, 6.07) is 0. The van der Waals surface area contributed by atoms with E-state index in [1.54, 1.807) is 0 Å². The third-order valence-electron chi connectivity index (χ3n) is 3.81. The molecule has 114 valence electrons. The van der Waals surface area contributed by atoms with Gasteiger partial charge in [-0.2, -0.15) is 0 Å². The van der Waals surface area contributed by atoms with E-state index in [1.165, 1.54) is 25.7 Å². The van der Waals surface area contributed by atoms with Gasteiger partial charge in [-0.25, -0.2) is 4.99 Å². The highest BCUT2D eigenvalue weighted by Crippen LogP contribution is 2.36. The molecule has 1 spiro atoms. The quantitative estimate of drug-likeness (QED) is 0.469. The van der Waals surface area contributed by atoms with Gasteiger partial charge in [0.2, 0.25) is 0 Å². The molecule has 1 saturated carbocycles. The number of nitrogens with one attached hydrogen (secondary N) is 1. The van der Waals surface area contributed by atoms with Crippen LogP contribution in [0.2, 0.25) is 0 Å². The second-order valence-electron chi connectivity index (χ2n) is 5.92. The van der Waals surface area contributed by atoms with Crippen LogP contribution in [0.1, 0.15) is 45.4 Å². The summed E-state index contributed by atoms with van der Waals surface area (Å²) in [4.78, 5) is 4.19. The molecule has 2 fully saturated rings. The van der Waals surface area contributed by atoms with E-state index in [4.69, 9.17) is 15.2 Å². The molecule has 5 heteroatoms. The van der Waals surface area contributed by atoms with Crippen LogP contribution in [0.25, 0.3) is 0 Å². The van der Waals surface area contributed by atoms with Gasteiger partial charge in [-0.05, 0) is 19.8 Å². The van der Waals surface area contributed by atoms with E-state index < -0.39 is 0 Å². The van der Waals surface area contributed by atoms with Gasteiger partial charge in [0.05, 0.1) is 13.2 Å². The normalized spacial score (nSPS) is 26.4. The second-order valence-corrected chi connectivity index (χ2v) is 5.92. The Morgan fingerprint density at radius 2 is 2.05 bits per heavy atom. The van der Waals surface area contributed by atoms with E-state index in [0.29, 0.717) is 25.7 Å². The largest absolute Gasteiger partial charge is 0.370 e. The molecular weight excluding hydrogens is 254 g/mol. The monoisotopic (exact) mass is 281 g/mol. The van der Waals surface area contributed by atoms with Crippen molar-refractivity contribution in [1.82, 2.24) is 5.32 Å². The second kappa shape index (κ2) is 7.09. The molecule has 0 bridgehead atoms. The van der Waals surface area contributed by atoms with Crippen molar-refractivity contribution < 1.29 is 9.47 Å². The number of nitrogens with two attached hydrogens (primary N) is 1. The maximum Gasteiger partial charge on any atom is 0.188 e. The van der Waals surface area contributed by atoms with Crippen LogP contribution in [0.3, 0.4) is 0 Å². The van der Waals surface area contributed by atoms with Crippen molar-refractivity contribution in [2.24, 2.45) is 10.7 Å². The summed E-state index contributed by atoms with van der Waals surface area (Å²) in [5, 5.41) is 3.10. The molecule has 20 heavy (non-hydrogen) atoms. The van der Waals surface area contributed by atoms with E-state index in [0.717, 1.165) is 18.4 Å². The summed E-state index contributed by atoms with van der Waals surface area (Å²) in [6.45, 7) is 7.57. The maximum atomic E-state index is 6.13. The van der Waals surface area contributed by atoms with Crippen molar-refractivity contribution in [3.63, 3.8) is 0 Å². The molecule has 2 aliphatic rings. The molecule has 1 aliphatic carbocycles. The van der Waals surface area contributed by atoms with Gasteiger partial charge in [-0.1, -0.05) is 25.0 Å². The van der Waals surface area contributed by atoms with Crippen molar-refractivity contribution in [3.05, 3.63) is 12.2 Å². The van der Waals surface area contributed by atoms with Gasteiger partial charge in [-0.3, -0.25) is 0 Å². The Morgan fingerprint density at radius 3 is 2.70 bits per heavy atom. The van der Waals surface area contributed by atoms with Crippen molar-refractivity contribution >= 4 is 5.96 Å². The molecule has 1 aliphatic heterocycles. The Balaban J connectivity index is 1.75. The van der Waals surface area contributed by atoms with Crippen LogP contribution in [0, 0.1) is 0 Å². The summed E-state index contributed by atoms with van der Waals surface area (Å²) < 4.78 is 12.1. The SMILES string of the molecule is C=C(C)CN=C(N)NCC1COC2(CCCCCC2)O1. The van der Waals surface area contributed by atoms with Crippen LogP contribution in [0.15, 0.2) is 17.1 Å². The molecule has 2 rings (SSSR count). The van der Waals surface area contributed by atoms with Crippen molar-refractivity contribution in [1.29, 1.82) is 0 Å². The minimum atomic E-state index is -0.327. The fourth-order valence-corrected chi connectivity index (χ4v) is 2.74. The van der Waals surface area contributed by atoms with E-state index >= 15 is 0 Å². The zero-order valence-electron chi connectivity index (χ0n) is 12.5. The third-order valence-corrected chi connectivity index (χ3v) is 3.81. The minimum absolute atomic E-state index is 0.0617. The van der Waals surface area contributed by atoms with Gasteiger partial charge in [0, 0.05) is 19.4 Å². The average Bonchev–Trinajstić information content (AvgIpc) is 2.66. The lowest BCUT2D eigenvalue weighted by molar-refractivity contribution is -0.175. The van der Waals surface area contributed by atoms with Gasteiger partial charge in [-0.15, -0.1) is 0 Å². The smallest absolute Gasteiger partial charge is 0.188 e. The lowest BCUT2D eigenvalue weighted by atomic mass is 10.1. The average molecular weight is 281 g/mol. The molecule has 1 unspecified atom stereocenters. The van der Waals surface area contributed by atoms with Crippen molar-refractivity contribution in [2.45, 2.75) is 57.3 Å². The first-order chi connectivity index (χ1) is 9.60. The van der Waals surface area contributed by atoms with Crippen LogP contribution in [0.5, 0.6) is 0 Å². The Bertz CT molecular complexity index is 360. The van der Waals surface area contributed by atoms with Gasteiger partial charge < -0.3 is 20.5 Å². The molecule has 1 saturated heterocycles. The lowest BCUT2D eigenvalue weighted by Gasteiger charge is -2.26. The van der Waals surface area contributed by atoms with Crippen LogP contribution in [-0.4, -0.2) is 37.5 Å². The van der Waals surface area contributed by atoms with Crippen LogP contribution in [0.4, 0.5) is 0 Å². The number of ether oxygens (including phenoxy) is 2. The van der Waals surface area contributed by atoms with Gasteiger partial charge in [0.25, 0.3) is 0 Å². The van der Waals surface area contributed by atoms with Gasteiger partial charge >= 0.3 is 0 Å². The summed E-state index contributed by atoms with van der Waals surface area (Å²) in [5.74, 6) is 0.116. The first-order valence-corrected chi connectivity index (χ1v) is 7.60. The number of hydrogen-bond acceptors (Lipinski definition) is 3. The minimum Gasteiger partial charge on any atom is -0.370 e. The number of rotatable bonds is 4. The highest BCUT2D eigenvalue weighted by Gasteiger charge is 2.41. The first-order valence-electron chi connectivity index (χ1n) is 7.60. The van der Waals surface area contributed by atoms with Crippen molar-refractivity contribution in [3.8, 4) is 0 Å². The van der Waals surface area contributed by atoms with E-state index in [9.17, 15) is 0 Å². The standard InChI is InChI=1S/C15H27N3O2/c1-12(2)9-17-14(16)18-10-13-11-19-15(20-13)7-5-3-4-6-8-15/h13H,1,3-11H2,2H3,(H3,16,17,18). The topological polar surface area (TPSA) is 68.9 Å². The van der Waals surface area contributed by atoms with Crippen molar-refractivity contribution in [2.75, 3.05) is 19.7 Å². The number of aliphatic imine (C=N–C) groups is 1. The molecule has 0 aromatic rings. The molecule has 0 aromatic heterocycles. The molecule has 0 radical (unpaired) electrons. The molecule has 1 heterocycles. The molecule has 5 nitrogen and oxygen atoms in total. The summed E-state index contributed by atoms with van der Waals surface area (Å²) in [7, 11) is 0. The molecule has 0 aromatic carbocycles. The molecular formula is C15H27N3O2. The summed E-state index contributed by atoms with van der Waals surface area (Å²) in [6.07, 6.45) is 7.07. The van der Waals surface area contributed by atoms with E-state index in [2.05, 4.69) is 16.9 Å². The first kappa shape index (κ1) is 15.3. The zero-order valence-corrected chi connectivity index (χ0v) is 12.5. The highest BCUT2D eigenvalue weighted by molar-refractivity contribution is 5.77. The fourth-order valence-electron chi connectivity index (χ4n) is 2.74. The Morgan fingerprint density at radius 1 is 1.35 bits per heavy atom. The Hall–Kier alpha value is -1.07. The van der Waals surface area contributed by atoms with Gasteiger partial charge in [0.15, 0.2) is 11.7 Å². The summed E-state index contributed by atoms with van der Waals surface area (Å²) >= 11 is 0. The number of hydrogen-bond donors (Lipinski definition) is 2. The Labute approximate surface area is 121 Å². The van der Waals surface area contributed by atoms with Crippen LogP contribution < -0.4 is 11.1 Å². The molecule has 3 N–H and O–H groups in total. The lowest BCUT2D eigenvalue weighted by Crippen LogP contribution is -2.39. The molecule has 1 atom stereocenters.